The molecule has 0 bridgehead atoms. The van der Waals surface area contributed by atoms with Gasteiger partial charge in [0.25, 0.3) is 17.4 Å². The monoisotopic (exact) mass is 738 g/mol. The average molecular weight is 739 g/mol. The molecule has 1 saturated heterocycles. The van der Waals surface area contributed by atoms with E-state index in [1.807, 2.05) is 0 Å². The van der Waals surface area contributed by atoms with Gasteiger partial charge in [0.2, 0.25) is 0 Å². The quantitative estimate of drug-likeness (QED) is 0.0429. The summed E-state index contributed by atoms with van der Waals surface area (Å²) < 4.78 is 41.7. The molecule has 1 saturated carbocycles. The number of hydrogen-bond acceptors (Lipinski definition) is 15. The predicted octanol–water partition coefficient (Wildman–Crippen LogP) is -0.320. The van der Waals surface area contributed by atoms with Crippen LogP contribution in [0.1, 0.15) is 63.3 Å². The number of nitrogens with zero attached hydrogens (tertiary/aromatic N) is 3. The third-order valence-electron chi connectivity index (χ3n) is 9.02. The zero-order valence-corrected chi connectivity index (χ0v) is 28.8. The molecule has 0 spiro atoms. The molecule has 2 aliphatic heterocycles. The molecule has 3 aliphatic rings. The Labute approximate surface area is 290 Å². The second kappa shape index (κ2) is 13.4. The van der Waals surface area contributed by atoms with Gasteiger partial charge in [-0.15, -0.1) is 15.6 Å². The van der Waals surface area contributed by atoms with Crippen LogP contribution in [0.4, 0.5) is 5.13 Å². The number of β-lactam (4-membered cyclic amide) rings is 1. The number of benzene rings is 1. The lowest BCUT2D eigenvalue weighted by atomic mass is 9.71. The Bertz CT molecular complexity index is 1840. The Balaban J connectivity index is 1.30. The van der Waals surface area contributed by atoms with Gasteiger partial charge in [0, 0.05) is 29.1 Å². The highest BCUT2D eigenvalue weighted by molar-refractivity contribution is 7.80. The number of carboxylic acid groups (broad SMARTS) is 1. The van der Waals surface area contributed by atoms with Crippen LogP contribution in [0.5, 0.6) is 5.75 Å². The summed E-state index contributed by atoms with van der Waals surface area (Å²) in [6.07, 6.45) is 1.17. The Morgan fingerprint density at radius 1 is 1.30 bits per heavy atom. The van der Waals surface area contributed by atoms with Crippen LogP contribution >= 0.6 is 11.3 Å². The Kier molecular flexibility index (Phi) is 9.86. The minimum atomic E-state index is -5.04. The van der Waals surface area contributed by atoms with Gasteiger partial charge < -0.3 is 41.9 Å². The van der Waals surface area contributed by atoms with E-state index in [0.29, 0.717) is 42.1 Å². The smallest absolute Gasteiger partial charge is 0.418 e. The number of hydroxylamine groups is 2. The molecular weight excluding hydrogens is 700 g/mol. The van der Waals surface area contributed by atoms with Gasteiger partial charge in [-0.05, 0) is 76.6 Å². The molecule has 0 unspecified atom stereocenters. The van der Waals surface area contributed by atoms with Crippen LogP contribution in [-0.2, 0) is 40.3 Å². The van der Waals surface area contributed by atoms with Crippen molar-refractivity contribution < 1.29 is 51.4 Å². The Morgan fingerprint density at radius 2 is 2.00 bits per heavy atom. The second-order valence-electron chi connectivity index (χ2n) is 13.1. The van der Waals surface area contributed by atoms with Gasteiger partial charge in [-0.25, -0.2) is 9.78 Å². The van der Waals surface area contributed by atoms with Gasteiger partial charge in [0.15, 0.2) is 16.9 Å². The van der Waals surface area contributed by atoms with E-state index in [4.69, 9.17) is 31.0 Å². The minimum Gasteiger partial charge on any atom is -0.485 e. The first kappa shape index (κ1) is 36.9. The Hall–Kier alpha value is -4.41. The van der Waals surface area contributed by atoms with Crippen molar-refractivity contribution in [3.05, 3.63) is 40.4 Å². The van der Waals surface area contributed by atoms with Crippen molar-refractivity contribution in [1.82, 2.24) is 20.7 Å². The van der Waals surface area contributed by atoms with Gasteiger partial charge in [0.05, 0.1) is 5.54 Å². The van der Waals surface area contributed by atoms with Crippen LogP contribution in [0.15, 0.2) is 28.7 Å². The number of aryl methyl sites for hydroxylation is 1. The summed E-state index contributed by atoms with van der Waals surface area (Å²) in [4.78, 5) is 48.3. The number of aromatic nitrogens is 1. The number of aliphatic carboxylic acids is 1. The lowest BCUT2D eigenvalue weighted by molar-refractivity contribution is -0.218. The number of carboxylic acids is 1. The first-order chi connectivity index (χ1) is 23.3. The number of carbonyl (C=O) groups is 3. The van der Waals surface area contributed by atoms with E-state index in [9.17, 15) is 33.0 Å². The van der Waals surface area contributed by atoms with E-state index in [-0.39, 0.29) is 35.7 Å². The number of fused-ring (bicyclic) bond motifs is 1. The maximum absolute atomic E-state index is 13.5. The molecule has 3 heterocycles. The second-order valence-corrected chi connectivity index (χ2v) is 15.0. The number of ether oxygens (including phenoxy) is 1. The molecule has 2 amide bonds. The lowest BCUT2D eigenvalue weighted by Gasteiger charge is -2.50. The summed E-state index contributed by atoms with van der Waals surface area (Å²) in [5, 5.41) is 39.2. The molecule has 1 aromatic carbocycles. The summed E-state index contributed by atoms with van der Waals surface area (Å²) in [5.74, 6) is -2.93. The highest BCUT2D eigenvalue weighted by Gasteiger charge is 2.58. The van der Waals surface area contributed by atoms with E-state index in [2.05, 4.69) is 25.1 Å². The number of hydrogen-bond donors (Lipinski definition) is 8. The molecule has 2 aromatic rings. The van der Waals surface area contributed by atoms with E-state index in [1.54, 1.807) is 18.2 Å². The minimum absolute atomic E-state index is 0.00244. The number of anilines is 1. The molecule has 272 valence electrons. The maximum atomic E-state index is 13.5. The summed E-state index contributed by atoms with van der Waals surface area (Å²) in [5.41, 5.74) is 8.63. The fourth-order valence-electron chi connectivity index (χ4n) is 6.07. The van der Waals surface area contributed by atoms with Crippen molar-refractivity contribution in [3.8, 4) is 5.75 Å². The number of thiazole rings is 1. The maximum Gasteiger partial charge on any atom is 0.418 e. The van der Waals surface area contributed by atoms with Crippen molar-refractivity contribution in [3.63, 3.8) is 0 Å². The van der Waals surface area contributed by atoms with Crippen molar-refractivity contribution in [1.29, 1.82) is 5.41 Å². The molecule has 21 heteroatoms. The topological polar surface area (TPSA) is 302 Å². The van der Waals surface area contributed by atoms with Gasteiger partial charge in [0.1, 0.15) is 23.3 Å². The summed E-state index contributed by atoms with van der Waals surface area (Å²) in [6.45, 7) is 3.95. The standard InChI is InChI=1S/C29H38N8O11S2/c1-27(2)21(24(40)37(27)48-50(43,44)45)35-23(39)20(17-13-49-26(31)34-17)36-47-28(3,25(41)42)19-7-5-14-10-15(4-6-18(14)46-19)22(30)33-16-11-29(32,12-16)8-9-38/h4,6,10,13,16,19,21,38H,5,7-9,11-12,32H2,1-3H3,(H2,30,33)(H2,31,34)(H,35,39)(H,41,42)(H,43,44,45)/b36-20-/t16-,19-,21-,28+,29-/m1/s1. The normalized spacial score (nSPS) is 25.6. The molecule has 50 heavy (non-hydrogen) atoms. The number of aliphatic hydroxyl groups excluding tert-OH is 1. The van der Waals surface area contributed by atoms with Crippen molar-refractivity contribution >= 4 is 56.2 Å². The zero-order valence-electron chi connectivity index (χ0n) is 27.2. The molecule has 1 aliphatic carbocycles. The lowest BCUT2D eigenvalue weighted by Crippen LogP contribution is -2.76. The van der Waals surface area contributed by atoms with Gasteiger partial charge in [-0.1, -0.05) is 5.16 Å². The molecule has 1 aromatic heterocycles. The molecule has 3 atom stereocenters. The number of amides is 2. The van der Waals surface area contributed by atoms with E-state index in [0.717, 1.165) is 16.9 Å². The van der Waals surface area contributed by atoms with Crippen molar-refractivity contribution in [2.75, 3.05) is 12.3 Å². The Morgan fingerprint density at radius 3 is 2.58 bits per heavy atom. The van der Waals surface area contributed by atoms with Gasteiger partial charge >= 0.3 is 16.4 Å². The van der Waals surface area contributed by atoms with Gasteiger partial charge in [-0.3, -0.25) is 19.6 Å². The average Bonchev–Trinajstić information content (AvgIpc) is 3.46. The number of aliphatic hydroxyl groups is 1. The fraction of sp³-hybridized carbons (Fsp3) is 0.517. The number of carbonyl (C=O) groups excluding carboxylic acids is 2. The number of nitrogens with one attached hydrogen (secondary N) is 3. The SMILES string of the molecule is CC1(C)[C@H](NC(=O)/C(=N\O[C@](C)(C(=O)O)[C@H]2CCc3cc(C(=N)N[C@H]4C[C@@](N)(CCO)C4)ccc3O2)c2csc(N)n2)C(=O)N1OS(=O)(=O)O. The number of amidine groups is 1. The van der Waals surface area contributed by atoms with Crippen LogP contribution in [0, 0.1) is 5.41 Å². The van der Waals surface area contributed by atoms with E-state index >= 15 is 0 Å². The van der Waals surface area contributed by atoms with Crippen LogP contribution in [0.25, 0.3) is 0 Å². The first-order valence-corrected chi connectivity index (χ1v) is 17.6. The zero-order chi connectivity index (χ0) is 36.8. The van der Waals surface area contributed by atoms with Crippen LogP contribution in [0.2, 0.25) is 0 Å². The van der Waals surface area contributed by atoms with Crippen LogP contribution in [0.3, 0.4) is 0 Å². The summed E-state index contributed by atoms with van der Waals surface area (Å²) in [7, 11) is -5.04. The highest BCUT2D eigenvalue weighted by Crippen LogP contribution is 2.36. The molecule has 19 nitrogen and oxygen atoms in total. The van der Waals surface area contributed by atoms with Crippen molar-refractivity contribution in [2.24, 2.45) is 10.9 Å². The van der Waals surface area contributed by atoms with Gasteiger partial charge in [-0.2, -0.15) is 13.5 Å². The molecule has 10 N–H and O–H groups in total. The summed E-state index contributed by atoms with van der Waals surface area (Å²) in [6, 6.07) is 3.72. The number of nitrogen functional groups attached to an aromatic ring is 1. The molecule has 2 fully saturated rings. The molecule has 0 radical (unpaired) electrons. The molecule has 5 rings (SSSR count). The predicted molar refractivity (Wildman–Crippen MR) is 176 cm³/mol. The number of nitrogens with two attached hydrogens (primary N) is 2. The number of oxime groups is 1. The number of rotatable bonds is 13. The molecular formula is C29H38N8O11S2. The van der Waals surface area contributed by atoms with Crippen LogP contribution < -0.4 is 26.8 Å². The third-order valence-corrected chi connectivity index (χ3v) is 10.0. The highest BCUT2D eigenvalue weighted by atomic mass is 32.3. The van der Waals surface area contributed by atoms with Crippen molar-refractivity contribution in [2.45, 2.75) is 87.7 Å². The van der Waals surface area contributed by atoms with E-state index in [1.165, 1.54) is 26.2 Å². The fourth-order valence-corrected chi connectivity index (χ4v) is 7.07. The summed E-state index contributed by atoms with van der Waals surface area (Å²) >= 11 is 0.954. The van der Waals surface area contributed by atoms with E-state index < -0.39 is 62.7 Å². The first-order valence-electron chi connectivity index (χ1n) is 15.3. The largest absolute Gasteiger partial charge is 0.485 e. The van der Waals surface area contributed by atoms with Crippen LogP contribution in [-0.4, -0.2) is 104 Å². The third kappa shape index (κ3) is 7.37.